The average molecular weight is 255 g/mol. The summed E-state index contributed by atoms with van der Waals surface area (Å²) in [5.41, 5.74) is 1.86. The Balaban J connectivity index is 2.24. The van der Waals surface area contributed by atoms with Gasteiger partial charge in [0.2, 0.25) is 5.91 Å². The number of rotatable bonds is 1. The molecule has 1 unspecified atom stereocenters. The van der Waals surface area contributed by atoms with Gasteiger partial charge in [-0.05, 0) is 25.5 Å². The van der Waals surface area contributed by atoms with Gasteiger partial charge in [0, 0.05) is 12.2 Å². The Labute approximate surface area is 91.3 Å². The molecule has 0 radical (unpaired) electrons. The molecule has 0 saturated carbocycles. The number of hydrogen-bond acceptors (Lipinski definition) is 2. The second-order valence-corrected chi connectivity index (χ2v) is 4.51. The molecule has 0 bridgehead atoms. The molecule has 1 atom stereocenters. The van der Waals surface area contributed by atoms with Gasteiger partial charge in [0.25, 0.3) is 0 Å². The monoisotopic (exact) mass is 254 g/mol. The van der Waals surface area contributed by atoms with E-state index in [1.54, 1.807) is 11.1 Å². The third kappa shape index (κ3) is 1.66. The Hall–Kier alpha value is -0.900. The molecular weight excluding hydrogens is 244 g/mol. The van der Waals surface area contributed by atoms with Gasteiger partial charge in [-0.3, -0.25) is 9.78 Å². The van der Waals surface area contributed by atoms with Crippen LogP contribution in [-0.4, -0.2) is 22.3 Å². The first-order valence-corrected chi connectivity index (χ1v) is 5.48. The van der Waals surface area contributed by atoms with Crippen molar-refractivity contribution in [1.29, 1.82) is 0 Å². The Morgan fingerprint density at radius 1 is 1.57 bits per heavy atom. The Morgan fingerprint density at radius 2 is 2.36 bits per heavy atom. The van der Waals surface area contributed by atoms with Crippen molar-refractivity contribution in [2.75, 3.05) is 11.4 Å². The summed E-state index contributed by atoms with van der Waals surface area (Å²) in [6, 6.07) is 3.86. The maximum absolute atomic E-state index is 11.6. The number of halogens is 1. The first-order chi connectivity index (χ1) is 6.68. The van der Waals surface area contributed by atoms with E-state index in [-0.39, 0.29) is 10.7 Å². The minimum Gasteiger partial charge on any atom is -0.310 e. The quantitative estimate of drug-likeness (QED) is 0.718. The van der Waals surface area contributed by atoms with E-state index in [2.05, 4.69) is 20.9 Å². The summed E-state index contributed by atoms with van der Waals surface area (Å²) < 4.78 is 0. The van der Waals surface area contributed by atoms with Crippen LogP contribution in [0.2, 0.25) is 0 Å². The van der Waals surface area contributed by atoms with Crippen LogP contribution in [0.15, 0.2) is 18.3 Å². The predicted octanol–water partition coefficient (Wildman–Crippen LogP) is 1.89. The molecule has 74 valence electrons. The fourth-order valence-corrected chi connectivity index (χ4v) is 1.97. The van der Waals surface area contributed by atoms with E-state index in [0.29, 0.717) is 0 Å². The Kier molecular flexibility index (Phi) is 2.54. The number of alkyl halides is 1. The van der Waals surface area contributed by atoms with Crippen molar-refractivity contribution in [3.63, 3.8) is 0 Å². The largest absolute Gasteiger partial charge is 0.310 e. The van der Waals surface area contributed by atoms with Crippen LogP contribution in [0.5, 0.6) is 0 Å². The van der Waals surface area contributed by atoms with E-state index < -0.39 is 0 Å². The van der Waals surface area contributed by atoms with Crippen molar-refractivity contribution < 1.29 is 4.79 Å². The normalized spacial score (nSPS) is 21.7. The molecule has 2 heterocycles. The highest BCUT2D eigenvalue weighted by atomic mass is 79.9. The molecule has 14 heavy (non-hydrogen) atoms. The number of amides is 1. The van der Waals surface area contributed by atoms with Crippen molar-refractivity contribution >= 4 is 27.5 Å². The lowest BCUT2D eigenvalue weighted by Gasteiger charge is -2.15. The number of hydrogen-bond donors (Lipinski definition) is 0. The average Bonchev–Trinajstić information content (AvgIpc) is 2.50. The molecule has 1 aromatic rings. The fraction of sp³-hybridized carbons (Fsp3) is 0.400. The van der Waals surface area contributed by atoms with Crippen LogP contribution in [-0.2, 0) is 4.79 Å². The van der Waals surface area contributed by atoms with E-state index >= 15 is 0 Å². The molecule has 1 fully saturated rings. The zero-order chi connectivity index (χ0) is 10.1. The molecule has 1 aromatic heterocycles. The maximum atomic E-state index is 11.6. The van der Waals surface area contributed by atoms with Crippen LogP contribution < -0.4 is 4.90 Å². The summed E-state index contributed by atoms with van der Waals surface area (Å²) in [6.45, 7) is 2.71. The van der Waals surface area contributed by atoms with Gasteiger partial charge in [-0.15, -0.1) is 0 Å². The van der Waals surface area contributed by atoms with Crippen molar-refractivity contribution in [3.8, 4) is 0 Å². The highest BCUT2D eigenvalue weighted by Crippen LogP contribution is 2.24. The molecule has 0 N–H and O–H groups in total. The van der Waals surface area contributed by atoms with Crippen molar-refractivity contribution in [2.24, 2.45) is 0 Å². The lowest BCUT2D eigenvalue weighted by molar-refractivity contribution is -0.116. The van der Waals surface area contributed by atoms with Crippen molar-refractivity contribution in [3.05, 3.63) is 24.0 Å². The summed E-state index contributed by atoms with van der Waals surface area (Å²) in [5, 5.41) is 0. The Bertz CT molecular complexity index is 350. The molecule has 1 amide bonds. The minimum absolute atomic E-state index is 0.0243. The molecule has 1 aliphatic heterocycles. The molecule has 0 aromatic carbocycles. The van der Waals surface area contributed by atoms with Gasteiger partial charge in [-0.1, -0.05) is 15.9 Å². The van der Waals surface area contributed by atoms with Crippen LogP contribution in [0.3, 0.4) is 0 Å². The number of aromatic nitrogens is 1. The molecule has 3 nitrogen and oxygen atoms in total. The van der Waals surface area contributed by atoms with Gasteiger partial charge >= 0.3 is 0 Å². The van der Waals surface area contributed by atoms with E-state index in [4.69, 9.17) is 0 Å². The minimum atomic E-state index is -0.0243. The third-order valence-corrected chi connectivity index (χ3v) is 3.20. The summed E-state index contributed by atoms with van der Waals surface area (Å²) >= 11 is 3.34. The topological polar surface area (TPSA) is 33.2 Å². The fourth-order valence-electron chi connectivity index (χ4n) is 1.52. The van der Waals surface area contributed by atoms with E-state index in [0.717, 1.165) is 24.3 Å². The smallest absolute Gasteiger partial charge is 0.240 e. The SMILES string of the molecule is Cc1ccc(N2CCC(Br)C2=O)cn1. The van der Waals surface area contributed by atoms with Gasteiger partial charge < -0.3 is 4.90 Å². The van der Waals surface area contributed by atoms with E-state index in [1.807, 2.05) is 19.1 Å². The molecule has 1 aliphatic rings. The summed E-state index contributed by atoms with van der Waals surface area (Å²) in [5.74, 6) is 0.135. The van der Waals surface area contributed by atoms with Crippen LogP contribution in [0.25, 0.3) is 0 Å². The van der Waals surface area contributed by atoms with Crippen LogP contribution in [0.1, 0.15) is 12.1 Å². The number of aryl methyl sites for hydroxylation is 1. The maximum Gasteiger partial charge on any atom is 0.240 e. The highest BCUT2D eigenvalue weighted by molar-refractivity contribution is 9.10. The van der Waals surface area contributed by atoms with E-state index in [9.17, 15) is 4.79 Å². The zero-order valence-electron chi connectivity index (χ0n) is 7.90. The molecule has 1 saturated heterocycles. The lowest BCUT2D eigenvalue weighted by atomic mass is 10.3. The molecule has 0 spiro atoms. The Morgan fingerprint density at radius 3 is 2.86 bits per heavy atom. The van der Waals surface area contributed by atoms with Crippen LogP contribution in [0, 0.1) is 6.92 Å². The highest BCUT2D eigenvalue weighted by Gasteiger charge is 2.30. The lowest BCUT2D eigenvalue weighted by Crippen LogP contribution is -2.27. The number of pyridine rings is 1. The molecule has 0 aliphatic carbocycles. The van der Waals surface area contributed by atoms with Crippen molar-refractivity contribution in [1.82, 2.24) is 4.98 Å². The van der Waals surface area contributed by atoms with Crippen molar-refractivity contribution in [2.45, 2.75) is 18.2 Å². The first kappa shape index (κ1) is 9.65. The predicted molar refractivity (Wildman–Crippen MR) is 58.7 cm³/mol. The second-order valence-electron chi connectivity index (χ2n) is 3.40. The summed E-state index contributed by atoms with van der Waals surface area (Å²) in [4.78, 5) is 17.6. The second kappa shape index (κ2) is 3.69. The number of anilines is 1. The van der Waals surface area contributed by atoms with Gasteiger partial charge in [-0.25, -0.2) is 0 Å². The standard InChI is InChI=1S/C10H11BrN2O/c1-7-2-3-8(6-12-7)13-5-4-9(11)10(13)14/h2-3,6,9H,4-5H2,1H3. The third-order valence-electron chi connectivity index (χ3n) is 2.35. The molecular formula is C10H11BrN2O. The van der Waals surface area contributed by atoms with Crippen LogP contribution in [0.4, 0.5) is 5.69 Å². The number of carbonyl (C=O) groups excluding carboxylic acids is 1. The molecule has 2 rings (SSSR count). The van der Waals surface area contributed by atoms with Gasteiger partial charge in [0.15, 0.2) is 0 Å². The van der Waals surface area contributed by atoms with Crippen LogP contribution >= 0.6 is 15.9 Å². The molecule has 4 heteroatoms. The summed E-state index contributed by atoms with van der Waals surface area (Å²) in [7, 11) is 0. The van der Waals surface area contributed by atoms with Gasteiger partial charge in [-0.2, -0.15) is 0 Å². The summed E-state index contributed by atoms with van der Waals surface area (Å²) in [6.07, 6.45) is 2.62. The van der Waals surface area contributed by atoms with Gasteiger partial charge in [0.1, 0.15) is 0 Å². The number of carbonyl (C=O) groups is 1. The number of nitrogens with zero attached hydrogens (tertiary/aromatic N) is 2. The van der Waals surface area contributed by atoms with Gasteiger partial charge in [0.05, 0.1) is 16.7 Å². The zero-order valence-corrected chi connectivity index (χ0v) is 9.49. The first-order valence-electron chi connectivity index (χ1n) is 4.56. The van der Waals surface area contributed by atoms with E-state index in [1.165, 1.54) is 0 Å².